The lowest BCUT2D eigenvalue weighted by molar-refractivity contribution is -0.117. The summed E-state index contributed by atoms with van der Waals surface area (Å²) in [7, 11) is 0. The van der Waals surface area contributed by atoms with Gasteiger partial charge in [0.15, 0.2) is 0 Å². The molecule has 0 aliphatic rings. The minimum Gasteiger partial charge on any atom is -0.393 e. The van der Waals surface area contributed by atoms with E-state index in [-0.39, 0.29) is 11.9 Å². The van der Waals surface area contributed by atoms with Crippen LogP contribution in [0.1, 0.15) is 104 Å². The number of aliphatic hydroxyl groups is 1. The summed E-state index contributed by atoms with van der Waals surface area (Å²) >= 11 is 0. The van der Waals surface area contributed by atoms with E-state index < -0.39 is 0 Å². The van der Waals surface area contributed by atoms with Gasteiger partial charge in [-0.2, -0.15) is 0 Å². The molecule has 0 aromatic heterocycles. The van der Waals surface area contributed by atoms with Crippen LogP contribution in [0.15, 0.2) is 0 Å². The van der Waals surface area contributed by atoms with Crippen LogP contribution in [0.25, 0.3) is 0 Å². The van der Waals surface area contributed by atoms with Gasteiger partial charge in [-0.05, 0) is 19.8 Å². The van der Waals surface area contributed by atoms with Crippen molar-refractivity contribution in [1.29, 1.82) is 0 Å². The van der Waals surface area contributed by atoms with E-state index in [4.69, 9.17) is 0 Å². The molecular weight excluding hydrogens is 248 g/mol. The Kier molecular flexibility index (Phi) is 14.7. The minimum absolute atomic E-state index is 0.183. The zero-order valence-electron chi connectivity index (χ0n) is 13.8. The predicted molar refractivity (Wildman–Crippen MR) is 87.0 cm³/mol. The standard InChI is InChI=1S/C18H36O2/c1-3-4-5-6-7-8-9-10-11-12-13-14-18(20)16-15-17(2)19/h18,20H,3-16H2,1-2H3. The maximum absolute atomic E-state index is 10.8. The Balaban J connectivity index is 3.10. The molecule has 1 N–H and O–H groups in total. The smallest absolute Gasteiger partial charge is 0.129 e. The van der Waals surface area contributed by atoms with Crippen LogP contribution in [0.4, 0.5) is 0 Å². The summed E-state index contributed by atoms with van der Waals surface area (Å²) in [6.07, 6.45) is 16.5. The molecule has 0 aliphatic carbocycles. The molecule has 0 aromatic carbocycles. The summed E-state index contributed by atoms with van der Waals surface area (Å²) < 4.78 is 0. The van der Waals surface area contributed by atoms with E-state index >= 15 is 0 Å². The van der Waals surface area contributed by atoms with Gasteiger partial charge in [-0.1, -0.05) is 77.6 Å². The molecule has 0 saturated carbocycles. The Hall–Kier alpha value is -0.370. The van der Waals surface area contributed by atoms with Crippen LogP contribution >= 0.6 is 0 Å². The molecule has 0 amide bonds. The Bertz CT molecular complexity index is 213. The first-order valence-electron chi connectivity index (χ1n) is 8.84. The summed E-state index contributed by atoms with van der Waals surface area (Å²) in [5, 5.41) is 9.69. The topological polar surface area (TPSA) is 37.3 Å². The van der Waals surface area contributed by atoms with E-state index in [0.29, 0.717) is 12.8 Å². The average molecular weight is 284 g/mol. The van der Waals surface area contributed by atoms with Gasteiger partial charge in [0.1, 0.15) is 5.78 Å². The van der Waals surface area contributed by atoms with Gasteiger partial charge in [-0.3, -0.25) is 0 Å². The van der Waals surface area contributed by atoms with Crippen molar-refractivity contribution in [3.05, 3.63) is 0 Å². The van der Waals surface area contributed by atoms with Gasteiger partial charge in [0.05, 0.1) is 6.10 Å². The molecule has 0 spiro atoms. The van der Waals surface area contributed by atoms with Crippen molar-refractivity contribution in [1.82, 2.24) is 0 Å². The first-order valence-corrected chi connectivity index (χ1v) is 8.84. The van der Waals surface area contributed by atoms with Crippen molar-refractivity contribution >= 4 is 5.78 Å². The highest BCUT2D eigenvalue weighted by Crippen LogP contribution is 2.13. The number of aliphatic hydroxyl groups excluding tert-OH is 1. The SMILES string of the molecule is CCCCCCCCCCCCCC(O)CCC(C)=O. The van der Waals surface area contributed by atoms with Gasteiger partial charge in [-0.25, -0.2) is 0 Å². The maximum atomic E-state index is 10.8. The Morgan fingerprint density at radius 1 is 0.800 bits per heavy atom. The van der Waals surface area contributed by atoms with Gasteiger partial charge >= 0.3 is 0 Å². The molecular formula is C18H36O2. The number of unbranched alkanes of at least 4 members (excludes halogenated alkanes) is 10. The van der Waals surface area contributed by atoms with Gasteiger partial charge in [-0.15, -0.1) is 0 Å². The fraction of sp³-hybridized carbons (Fsp3) is 0.944. The monoisotopic (exact) mass is 284 g/mol. The molecule has 0 saturated heterocycles. The molecule has 120 valence electrons. The van der Waals surface area contributed by atoms with Gasteiger partial charge < -0.3 is 9.90 Å². The summed E-state index contributed by atoms with van der Waals surface area (Å²) in [5.41, 5.74) is 0. The number of rotatable bonds is 15. The second-order valence-corrected chi connectivity index (χ2v) is 6.22. The van der Waals surface area contributed by atoms with Gasteiger partial charge in [0, 0.05) is 6.42 Å². The number of ketones is 1. The van der Waals surface area contributed by atoms with Crippen molar-refractivity contribution in [2.75, 3.05) is 0 Å². The lowest BCUT2D eigenvalue weighted by atomic mass is 10.0. The zero-order chi connectivity index (χ0) is 15.1. The van der Waals surface area contributed by atoms with Crippen molar-refractivity contribution in [3.63, 3.8) is 0 Å². The highest BCUT2D eigenvalue weighted by atomic mass is 16.3. The van der Waals surface area contributed by atoms with Crippen LogP contribution in [0.5, 0.6) is 0 Å². The summed E-state index contributed by atoms with van der Waals surface area (Å²) in [5.74, 6) is 0.183. The Morgan fingerprint density at radius 2 is 1.25 bits per heavy atom. The van der Waals surface area contributed by atoms with Crippen molar-refractivity contribution < 1.29 is 9.90 Å². The third kappa shape index (κ3) is 15.7. The van der Waals surface area contributed by atoms with E-state index in [1.165, 1.54) is 64.2 Å². The van der Waals surface area contributed by atoms with Crippen LogP contribution in [0.2, 0.25) is 0 Å². The van der Waals surface area contributed by atoms with Crippen LogP contribution in [0.3, 0.4) is 0 Å². The molecule has 20 heavy (non-hydrogen) atoms. The molecule has 0 bridgehead atoms. The van der Waals surface area contributed by atoms with E-state index in [9.17, 15) is 9.90 Å². The third-order valence-electron chi connectivity index (χ3n) is 3.97. The summed E-state index contributed by atoms with van der Waals surface area (Å²) in [6.45, 7) is 3.85. The summed E-state index contributed by atoms with van der Waals surface area (Å²) in [4.78, 5) is 10.8. The molecule has 0 heterocycles. The first-order chi connectivity index (χ1) is 9.66. The van der Waals surface area contributed by atoms with Crippen molar-refractivity contribution in [3.8, 4) is 0 Å². The fourth-order valence-electron chi connectivity index (χ4n) is 2.56. The van der Waals surface area contributed by atoms with E-state index in [1.807, 2.05) is 0 Å². The van der Waals surface area contributed by atoms with E-state index in [2.05, 4.69) is 6.92 Å². The Morgan fingerprint density at radius 3 is 1.70 bits per heavy atom. The predicted octanol–water partition coefficient (Wildman–Crippen LogP) is 5.42. The normalized spacial score (nSPS) is 12.6. The molecule has 1 unspecified atom stereocenters. The lowest BCUT2D eigenvalue weighted by Crippen LogP contribution is -2.08. The molecule has 2 heteroatoms. The quantitative estimate of drug-likeness (QED) is 0.408. The number of hydrogen-bond acceptors (Lipinski definition) is 2. The van der Waals surface area contributed by atoms with Gasteiger partial charge in [0.25, 0.3) is 0 Å². The van der Waals surface area contributed by atoms with Crippen LogP contribution < -0.4 is 0 Å². The first kappa shape index (κ1) is 19.6. The molecule has 0 fully saturated rings. The van der Waals surface area contributed by atoms with Crippen LogP contribution in [-0.2, 0) is 4.79 Å². The number of hydrogen-bond donors (Lipinski definition) is 1. The third-order valence-corrected chi connectivity index (χ3v) is 3.97. The van der Waals surface area contributed by atoms with Crippen molar-refractivity contribution in [2.24, 2.45) is 0 Å². The number of carbonyl (C=O) groups is 1. The molecule has 0 radical (unpaired) electrons. The van der Waals surface area contributed by atoms with E-state index in [1.54, 1.807) is 6.92 Å². The van der Waals surface area contributed by atoms with Crippen LogP contribution in [-0.4, -0.2) is 17.0 Å². The second-order valence-electron chi connectivity index (χ2n) is 6.22. The zero-order valence-corrected chi connectivity index (χ0v) is 13.8. The molecule has 0 rings (SSSR count). The lowest BCUT2D eigenvalue weighted by Gasteiger charge is -2.09. The van der Waals surface area contributed by atoms with Crippen LogP contribution in [0, 0.1) is 0 Å². The summed E-state index contributed by atoms with van der Waals surface area (Å²) in [6, 6.07) is 0. The number of carbonyl (C=O) groups excluding carboxylic acids is 1. The highest BCUT2D eigenvalue weighted by Gasteiger charge is 2.05. The molecule has 0 aliphatic heterocycles. The molecule has 0 aromatic rings. The van der Waals surface area contributed by atoms with Crippen molar-refractivity contribution in [2.45, 2.75) is 110 Å². The van der Waals surface area contributed by atoms with E-state index in [0.717, 1.165) is 12.8 Å². The Labute approximate surface area is 126 Å². The number of Topliss-reactive ketones (excluding diaryl/α,β-unsaturated/α-hetero) is 1. The fourth-order valence-corrected chi connectivity index (χ4v) is 2.56. The highest BCUT2D eigenvalue weighted by molar-refractivity contribution is 5.75. The average Bonchev–Trinajstić information content (AvgIpc) is 2.42. The van der Waals surface area contributed by atoms with Gasteiger partial charge in [0.2, 0.25) is 0 Å². The molecule has 2 nitrogen and oxygen atoms in total. The second kappa shape index (κ2) is 15.0. The minimum atomic E-state index is -0.266. The largest absolute Gasteiger partial charge is 0.393 e. The maximum Gasteiger partial charge on any atom is 0.129 e. The molecule has 1 atom stereocenters.